The number of aryl methyl sites for hydroxylation is 1. The number of fused-ring (bicyclic) bond motifs is 1. The summed E-state index contributed by atoms with van der Waals surface area (Å²) in [4.78, 5) is 0. The zero-order valence-electron chi connectivity index (χ0n) is 11.9. The maximum atomic E-state index is 2.26. The van der Waals surface area contributed by atoms with Crippen molar-refractivity contribution in [1.29, 1.82) is 0 Å². The molecule has 0 fully saturated rings. The van der Waals surface area contributed by atoms with E-state index < -0.39 is 0 Å². The Morgan fingerprint density at radius 3 is 2.33 bits per heavy atom. The van der Waals surface area contributed by atoms with Gasteiger partial charge in [-0.1, -0.05) is 30.3 Å². The van der Waals surface area contributed by atoms with E-state index in [9.17, 15) is 0 Å². The van der Waals surface area contributed by atoms with Gasteiger partial charge in [0, 0.05) is 47.8 Å². The molecule has 0 bridgehead atoms. The van der Waals surface area contributed by atoms with E-state index in [4.69, 9.17) is 0 Å². The number of nitrogens with zero attached hydrogens (tertiary/aromatic N) is 2. The van der Waals surface area contributed by atoms with Crippen LogP contribution in [0.25, 0.3) is 27.7 Å². The van der Waals surface area contributed by atoms with Crippen LogP contribution in [-0.4, -0.2) is 9.13 Å². The van der Waals surface area contributed by atoms with Gasteiger partial charge in [-0.3, -0.25) is 0 Å². The van der Waals surface area contributed by atoms with E-state index >= 15 is 0 Å². The highest BCUT2D eigenvalue weighted by atomic mass is 14.9. The standard InChI is InChI=1S/C19H16N2/c1-20-14-18(15-7-3-2-4-8-15)17-13-16(9-10-19(17)20)21-11-5-6-12-21/h2-14H,1H3. The summed E-state index contributed by atoms with van der Waals surface area (Å²) < 4.78 is 4.33. The smallest absolute Gasteiger partial charge is 0.0485 e. The monoisotopic (exact) mass is 272 g/mol. The van der Waals surface area contributed by atoms with Crippen molar-refractivity contribution in [3.8, 4) is 16.8 Å². The van der Waals surface area contributed by atoms with Crippen molar-refractivity contribution in [2.75, 3.05) is 0 Å². The largest absolute Gasteiger partial charge is 0.350 e. The minimum Gasteiger partial charge on any atom is -0.350 e. The molecule has 0 amide bonds. The van der Waals surface area contributed by atoms with Crippen molar-refractivity contribution in [1.82, 2.24) is 9.13 Å². The van der Waals surface area contributed by atoms with Gasteiger partial charge in [0.25, 0.3) is 0 Å². The fraction of sp³-hybridized carbons (Fsp3) is 0.0526. The number of hydrogen-bond acceptors (Lipinski definition) is 0. The van der Waals surface area contributed by atoms with Crippen LogP contribution in [0.1, 0.15) is 0 Å². The van der Waals surface area contributed by atoms with Gasteiger partial charge in [-0.05, 0) is 35.9 Å². The molecule has 0 radical (unpaired) electrons. The Hall–Kier alpha value is -2.74. The summed E-state index contributed by atoms with van der Waals surface area (Å²) in [6, 6.07) is 21.3. The zero-order chi connectivity index (χ0) is 14.2. The Kier molecular flexibility index (Phi) is 2.68. The van der Waals surface area contributed by atoms with E-state index in [1.54, 1.807) is 0 Å². The topological polar surface area (TPSA) is 9.86 Å². The molecular formula is C19H16N2. The molecule has 0 N–H and O–H groups in total. The van der Waals surface area contributed by atoms with Gasteiger partial charge in [0.15, 0.2) is 0 Å². The van der Waals surface area contributed by atoms with Crippen LogP contribution in [0.4, 0.5) is 0 Å². The Morgan fingerprint density at radius 1 is 0.810 bits per heavy atom. The lowest BCUT2D eigenvalue weighted by molar-refractivity contribution is 0.969. The first-order chi connectivity index (χ1) is 10.3. The highest BCUT2D eigenvalue weighted by Gasteiger charge is 2.09. The van der Waals surface area contributed by atoms with Gasteiger partial charge in [0.1, 0.15) is 0 Å². The lowest BCUT2D eigenvalue weighted by Gasteiger charge is -2.05. The SMILES string of the molecule is Cn1cc(-c2ccccc2)c2cc(-n3cccc3)ccc21. The molecule has 0 aliphatic carbocycles. The second-order valence-corrected chi connectivity index (χ2v) is 5.31. The van der Waals surface area contributed by atoms with Gasteiger partial charge in [0.05, 0.1) is 0 Å². The Bertz CT molecular complexity index is 884. The van der Waals surface area contributed by atoms with Crippen molar-refractivity contribution >= 4 is 10.9 Å². The second-order valence-electron chi connectivity index (χ2n) is 5.31. The molecule has 0 atom stereocenters. The first kappa shape index (κ1) is 12.0. The summed E-state index contributed by atoms with van der Waals surface area (Å²) in [5.41, 5.74) is 4.98. The van der Waals surface area contributed by atoms with E-state index in [2.05, 4.69) is 83.3 Å². The fourth-order valence-electron chi connectivity index (χ4n) is 2.90. The molecule has 0 aliphatic rings. The summed E-state index contributed by atoms with van der Waals surface area (Å²) in [6.07, 6.45) is 6.36. The third-order valence-electron chi connectivity index (χ3n) is 3.96. The molecule has 4 rings (SSSR count). The van der Waals surface area contributed by atoms with E-state index in [0.717, 1.165) is 0 Å². The Balaban J connectivity index is 1.97. The molecule has 21 heavy (non-hydrogen) atoms. The van der Waals surface area contributed by atoms with Gasteiger partial charge in [-0.2, -0.15) is 0 Å². The van der Waals surface area contributed by atoms with Gasteiger partial charge in [0.2, 0.25) is 0 Å². The quantitative estimate of drug-likeness (QED) is 0.503. The first-order valence-electron chi connectivity index (χ1n) is 7.11. The van der Waals surface area contributed by atoms with Gasteiger partial charge < -0.3 is 9.13 Å². The maximum Gasteiger partial charge on any atom is 0.0485 e. The van der Waals surface area contributed by atoms with Crippen LogP contribution >= 0.6 is 0 Å². The van der Waals surface area contributed by atoms with Crippen molar-refractivity contribution in [2.24, 2.45) is 7.05 Å². The number of hydrogen-bond donors (Lipinski definition) is 0. The van der Waals surface area contributed by atoms with Crippen LogP contribution in [-0.2, 0) is 7.05 Å². The molecule has 2 aromatic heterocycles. The molecule has 0 saturated heterocycles. The third-order valence-corrected chi connectivity index (χ3v) is 3.96. The Labute approximate surface area is 123 Å². The predicted octanol–water partition coefficient (Wildman–Crippen LogP) is 4.64. The van der Waals surface area contributed by atoms with Gasteiger partial charge >= 0.3 is 0 Å². The molecule has 2 nitrogen and oxygen atoms in total. The van der Waals surface area contributed by atoms with Crippen molar-refractivity contribution in [3.63, 3.8) is 0 Å². The normalized spacial score (nSPS) is 11.1. The summed E-state index contributed by atoms with van der Waals surface area (Å²) in [7, 11) is 2.10. The van der Waals surface area contributed by atoms with Gasteiger partial charge in [-0.25, -0.2) is 0 Å². The molecule has 4 aromatic rings. The van der Waals surface area contributed by atoms with Crippen LogP contribution in [0.2, 0.25) is 0 Å². The summed E-state index contributed by atoms with van der Waals surface area (Å²) in [6.45, 7) is 0. The second kappa shape index (κ2) is 4.67. The average molecular weight is 272 g/mol. The van der Waals surface area contributed by atoms with E-state index in [0.29, 0.717) is 0 Å². The number of benzene rings is 2. The van der Waals surface area contributed by atoms with Crippen molar-refractivity contribution in [3.05, 3.63) is 79.3 Å². The highest BCUT2D eigenvalue weighted by Crippen LogP contribution is 2.31. The van der Waals surface area contributed by atoms with E-state index in [1.807, 2.05) is 12.1 Å². The van der Waals surface area contributed by atoms with Crippen molar-refractivity contribution in [2.45, 2.75) is 0 Å². The van der Waals surface area contributed by atoms with Gasteiger partial charge in [-0.15, -0.1) is 0 Å². The molecule has 102 valence electrons. The summed E-state index contributed by atoms with van der Waals surface area (Å²) in [5.74, 6) is 0. The molecular weight excluding hydrogens is 256 g/mol. The molecule has 2 heteroatoms. The van der Waals surface area contributed by atoms with Crippen LogP contribution in [0, 0.1) is 0 Å². The first-order valence-corrected chi connectivity index (χ1v) is 7.11. The lowest BCUT2D eigenvalue weighted by Crippen LogP contribution is -1.90. The number of rotatable bonds is 2. The summed E-state index contributed by atoms with van der Waals surface area (Å²) in [5, 5.41) is 1.29. The van der Waals surface area contributed by atoms with E-state index in [1.165, 1.54) is 27.7 Å². The molecule has 0 saturated carbocycles. The molecule has 0 spiro atoms. The van der Waals surface area contributed by atoms with E-state index in [-0.39, 0.29) is 0 Å². The predicted molar refractivity (Wildman–Crippen MR) is 87.7 cm³/mol. The van der Waals surface area contributed by atoms with Crippen LogP contribution in [0.5, 0.6) is 0 Å². The molecule has 2 heterocycles. The minimum atomic E-state index is 1.19. The number of aromatic nitrogens is 2. The Morgan fingerprint density at radius 2 is 1.57 bits per heavy atom. The lowest BCUT2D eigenvalue weighted by atomic mass is 10.0. The van der Waals surface area contributed by atoms with Crippen LogP contribution in [0.3, 0.4) is 0 Å². The maximum absolute atomic E-state index is 2.26. The molecule has 0 aliphatic heterocycles. The molecule has 2 aromatic carbocycles. The van der Waals surface area contributed by atoms with Crippen LogP contribution in [0.15, 0.2) is 79.3 Å². The summed E-state index contributed by atoms with van der Waals surface area (Å²) >= 11 is 0. The fourth-order valence-corrected chi connectivity index (χ4v) is 2.90. The average Bonchev–Trinajstić information content (AvgIpc) is 3.16. The highest BCUT2D eigenvalue weighted by molar-refractivity contribution is 5.97. The third kappa shape index (κ3) is 1.96. The minimum absolute atomic E-state index is 1.19. The molecule has 0 unspecified atom stereocenters. The van der Waals surface area contributed by atoms with Crippen LogP contribution < -0.4 is 0 Å². The van der Waals surface area contributed by atoms with Crippen molar-refractivity contribution < 1.29 is 0 Å². The zero-order valence-corrected chi connectivity index (χ0v) is 11.9.